The lowest BCUT2D eigenvalue weighted by molar-refractivity contribution is 0.0515. The summed E-state index contributed by atoms with van der Waals surface area (Å²) in [6.07, 6.45) is 1.15. The van der Waals surface area contributed by atoms with Crippen LogP contribution in [0.4, 0.5) is 5.69 Å². The van der Waals surface area contributed by atoms with Gasteiger partial charge in [0.1, 0.15) is 4.90 Å². The van der Waals surface area contributed by atoms with E-state index in [0.29, 0.717) is 0 Å². The van der Waals surface area contributed by atoms with E-state index in [1.54, 1.807) is 6.92 Å². The largest absolute Gasteiger partial charge is 0.504 e. The molecule has 2 rings (SSSR count). The monoisotopic (exact) mass is 327 g/mol. The zero-order valence-corrected chi connectivity index (χ0v) is 12.2. The third-order valence-electron chi connectivity index (χ3n) is 2.70. The van der Waals surface area contributed by atoms with Crippen LogP contribution >= 0.6 is 0 Å². The average molecular weight is 327 g/mol. The van der Waals surface area contributed by atoms with Gasteiger partial charge in [-0.25, -0.2) is 9.48 Å². The molecule has 0 aliphatic heterocycles. The van der Waals surface area contributed by atoms with Crippen molar-refractivity contribution in [2.75, 3.05) is 12.3 Å². The number of benzene rings is 1. The molecule has 0 bridgehead atoms. The summed E-state index contributed by atoms with van der Waals surface area (Å²) in [4.78, 5) is 11.1. The quantitative estimate of drug-likeness (QED) is 0.420. The first-order valence-corrected chi connectivity index (χ1v) is 7.51. The molecule has 0 unspecified atom stereocenters. The van der Waals surface area contributed by atoms with Crippen LogP contribution in [0.3, 0.4) is 0 Å². The van der Waals surface area contributed by atoms with Crippen LogP contribution in [0.1, 0.15) is 17.4 Å². The van der Waals surface area contributed by atoms with Gasteiger partial charge in [-0.2, -0.15) is 13.5 Å². The smallest absolute Gasteiger partial charge is 0.362 e. The Bertz CT molecular complexity index is 827. The van der Waals surface area contributed by atoms with Crippen molar-refractivity contribution in [3.63, 3.8) is 0 Å². The van der Waals surface area contributed by atoms with Gasteiger partial charge in [0.25, 0.3) is 10.1 Å². The highest BCUT2D eigenvalue weighted by atomic mass is 32.2. The van der Waals surface area contributed by atoms with E-state index in [-0.39, 0.29) is 23.7 Å². The number of nitrogens with two attached hydrogens (primary N) is 1. The van der Waals surface area contributed by atoms with Crippen molar-refractivity contribution in [3.05, 3.63) is 30.1 Å². The Morgan fingerprint density at radius 2 is 2.14 bits per heavy atom. The molecular weight excluding hydrogens is 314 g/mol. The molecule has 0 atom stereocenters. The van der Waals surface area contributed by atoms with Crippen LogP contribution in [0.15, 0.2) is 29.3 Å². The summed E-state index contributed by atoms with van der Waals surface area (Å²) in [7, 11) is -4.43. The van der Waals surface area contributed by atoms with Gasteiger partial charge in [0.05, 0.1) is 24.2 Å². The maximum atomic E-state index is 11.6. The van der Waals surface area contributed by atoms with E-state index in [2.05, 4.69) is 5.10 Å². The number of aromatic nitrogens is 2. The van der Waals surface area contributed by atoms with Crippen LogP contribution in [0.2, 0.25) is 0 Å². The maximum absolute atomic E-state index is 11.6. The Hall–Kier alpha value is -2.59. The molecular formula is C12H13N3O6S. The number of ether oxygens (including phenoxy) is 1. The van der Waals surface area contributed by atoms with Gasteiger partial charge in [-0.3, -0.25) is 4.55 Å². The summed E-state index contributed by atoms with van der Waals surface area (Å²) in [5.41, 5.74) is 5.37. The van der Waals surface area contributed by atoms with Gasteiger partial charge >= 0.3 is 5.97 Å². The molecule has 4 N–H and O–H groups in total. The average Bonchev–Trinajstić information content (AvgIpc) is 2.79. The van der Waals surface area contributed by atoms with E-state index >= 15 is 0 Å². The molecule has 0 amide bonds. The Kier molecular flexibility index (Phi) is 4.06. The zero-order valence-electron chi connectivity index (χ0n) is 11.4. The number of rotatable bonds is 4. The molecule has 1 heterocycles. The van der Waals surface area contributed by atoms with Crippen molar-refractivity contribution in [2.45, 2.75) is 11.8 Å². The fraction of sp³-hybridized carbons (Fsp3) is 0.167. The molecule has 1 aromatic heterocycles. The number of nitrogen functional groups attached to an aromatic ring is 1. The molecule has 0 fully saturated rings. The van der Waals surface area contributed by atoms with E-state index in [4.69, 9.17) is 15.0 Å². The Balaban J connectivity index is 2.44. The van der Waals surface area contributed by atoms with Gasteiger partial charge in [0, 0.05) is 0 Å². The number of carbonyl (C=O) groups excluding carboxylic acids is 1. The summed E-state index contributed by atoms with van der Waals surface area (Å²) in [6.45, 7) is 1.74. The number of carbonyl (C=O) groups is 1. The fourth-order valence-corrected chi connectivity index (χ4v) is 2.35. The van der Waals surface area contributed by atoms with Crippen LogP contribution in [-0.2, 0) is 14.9 Å². The minimum Gasteiger partial charge on any atom is -0.504 e. The van der Waals surface area contributed by atoms with Crippen molar-refractivity contribution in [2.24, 2.45) is 0 Å². The predicted octanol–water partition coefficient (Wildman–Crippen LogP) is 0.583. The summed E-state index contributed by atoms with van der Waals surface area (Å²) in [6, 6.07) is 3.62. The SMILES string of the molecule is CCOC(=O)c1nn(-c2ccc(S(=O)(=O)O)c(N)c2)cc1O. The lowest BCUT2D eigenvalue weighted by atomic mass is 10.3. The number of nitrogens with zero attached hydrogens (tertiary/aromatic N) is 2. The van der Waals surface area contributed by atoms with Crippen LogP contribution < -0.4 is 5.73 Å². The lowest BCUT2D eigenvalue weighted by Crippen LogP contribution is -2.08. The molecule has 118 valence electrons. The second-order valence-corrected chi connectivity index (χ2v) is 5.62. The molecule has 0 spiro atoms. The number of anilines is 1. The van der Waals surface area contributed by atoms with E-state index in [9.17, 15) is 18.3 Å². The Morgan fingerprint density at radius 3 is 2.68 bits per heavy atom. The summed E-state index contributed by atoms with van der Waals surface area (Å²) < 4.78 is 37.0. The molecule has 2 aromatic rings. The van der Waals surface area contributed by atoms with Crippen molar-refractivity contribution >= 4 is 21.8 Å². The molecule has 10 heteroatoms. The summed E-state index contributed by atoms with van der Waals surface area (Å²) in [5, 5.41) is 13.5. The first-order chi connectivity index (χ1) is 10.2. The second-order valence-electron chi connectivity index (χ2n) is 4.23. The van der Waals surface area contributed by atoms with Gasteiger partial charge in [-0.1, -0.05) is 0 Å². The van der Waals surface area contributed by atoms with Crippen molar-refractivity contribution in [1.82, 2.24) is 9.78 Å². The van der Waals surface area contributed by atoms with Crippen molar-refractivity contribution < 1.29 is 27.6 Å². The van der Waals surface area contributed by atoms with Crippen LogP contribution in [0.25, 0.3) is 5.69 Å². The molecule has 0 aliphatic rings. The molecule has 0 aliphatic carbocycles. The van der Waals surface area contributed by atoms with E-state index in [1.807, 2.05) is 0 Å². The topological polar surface area (TPSA) is 145 Å². The zero-order chi connectivity index (χ0) is 16.5. The first-order valence-electron chi connectivity index (χ1n) is 6.07. The van der Waals surface area contributed by atoms with Crippen LogP contribution in [0, 0.1) is 0 Å². The normalized spacial score (nSPS) is 11.4. The van der Waals surface area contributed by atoms with E-state index < -0.39 is 26.7 Å². The molecule has 9 nitrogen and oxygen atoms in total. The highest BCUT2D eigenvalue weighted by Crippen LogP contribution is 2.24. The standard InChI is InChI=1S/C12H13N3O6S/c1-2-21-12(17)11-9(16)6-15(14-11)7-3-4-10(8(13)5-7)22(18,19)20/h3-6,16H,2,13H2,1H3,(H,18,19,20). The van der Waals surface area contributed by atoms with Crippen molar-refractivity contribution in [3.8, 4) is 11.4 Å². The van der Waals surface area contributed by atoms with E-state index in [0.717, 1.165) is 16.9 Å². The van der Waals surface area contributed by atoms with Gasteiger partial charge in [0.2, 0.25) is 5.69 Å². The van der Waals surface area contributed by atoms with Gasteiger partial charge in [0.15, 0.2) is 5.75 Å². The second kappa shape index (κ2) is 5.66. The first kappa shape index (κ1) is 15.8. The molecule has 0 radical (unpaired) electrons. The molecule has 0 saturated heterocycles. The summed E-state index contributed by atoms with van der Waals surface area (Å²) >= 11 is 0. The molecule has 22 heavy (non-hydrogen) atoms. The minimum absolute atomic E-state index is 0.126. The number of aromatic hydroxyl groups is 1. The molecule has 1 aromatic carbocycles. The fourth-order valence-electron chi connectivity index (χ4n) is 1.76. The number of esters is 1. The third kappa shape index (κ3) is 3.02. The highest BCUT2D eigenvalue weighted by molar-refractivity contribution is 7.86. The van der Waals surface area contributed by atoms with Gasteiger partial charge < -0.3 is 15.6 Å². The van der Waals surface area contributed by atoms with Crippen LogP contribution in [-0.4, -0.2) is 40.4 Å². The Morgan fingerprint density at radius 1 is 1.45 bits per heavy atom. The van der Waals surface area contributed by atoms with Crippen LogP contribution in [0.5, 0.6) is 5.75 Å². The number of hydrogen-bond acceptors (Lipinski definition) is 7. The van der Waals surface area contributed by atoms with E-state index in [1.165, 1.54) is 12.1 Å². The predicted molar refractivity (Wildman–Crippen MR) is 75.4 cm³/mol. The van der Waals surface area contributed by atoms with Gasteiger partial charge in [-0.05, 0) is 25.1 Å². The molecule has 0 saturated carbocycles. The Labute approximate surface area is 125 Å². The van der Waals surface area contributed by atoms with Crippen molar-refractivity contribution in [1.29, 1.82) is 0 Å². The minimum atomic E-state index is -4.43. The summed E-state index contributed by atoms with van der Waals surface area (Å²) in [5.74, 6) is -1.18. The highest BCUT2D eigenvalue weighted by Gasteiger charge is 2.19. The maximum Gasteiger partial charge on any atom is 0.362 e. The lowest BCUT2D eigenvalue weighted by Gasteiger charge is -2.06. The number of hydrogen-bond donors (Lipinski definition) is 3. The van der Waals surface area contributed by atoms with Gasteiger partial charge in [-0.15, -0.1) is 0 Å². The third-order valence-corrected chi connectivity index (χ3v) is 3.63.